The van der Waals surface area contributed by atoms with E-state index < -0.39 is 26.2 Å². The van der Waals surface area contributed by atoms with Gasteiger partial charge in [0.05, 0.1) is 4.90 Å². The molecule has 168 valence electrons. The van der Waals surface area contributed by atoms with Crippen molar-refractivity contribution in [3.63, 3.8) is 0 Å². The Morgan fingerprint density at radius 1 is 0.781 bits per heavy atom. The van der Waals surface area contributed by atoms with Crippen molar-refractivity contribution < 1.29 is 25.8 Å². The Bertz CT molecular complexity index is 1350. The minimum atomic E-state index is -4.03. The van der Waals surface area contributed by atoms with Crippen LogP contribution in [0.25, 0.3) is 0 Å². The van der Waals surface area contributed by atoms with E-state index in [1.54, 1.807) is 31.2 Å². The van der Waals surface area contributed by atoms with Gasteiger partial charge < -0.3 is 9.50 Å². The Balaban J connectivity index is 1.66. The lowest BCUT2D eigenvalue weighted by molar-refractivity contribution is 0.256. The molecule has 0 atom stereocenters. The first kappa shape index (κ1) is 23.3. The smallest absolute Gasteiger partial charge is 0.339 e. The second kappa shape index (κ2) is 9.01. The fourth-order valence-electron chi connectivity index (χ4n) is 2.90. The van der Waals surface area contributed by atoms with E-state index in [0.29, 0.717) is 5.56 Å². The second-order valence-corrected chi connectivity index (χ2v) is 10.4. The average Bonchev–Trinajstić information content (AvgIpc) is 2.69. The van der Waals surface area contributed by atoms with E-state index in [1.165, 1.54) is 42.5 Å². The van der Waals surface area contributed by atoms with Gasteiger partial charge in [0.1, 0.15) is 10.6 Å². The van der Waals surface area contributed by atoms with E-state index in [-0.39, 0.29) is 21.2 Å². The summed E-state index contributed by atoms with van der Waals surface area (Å²) >= 11 is 0. The SMILES string of the molecule is Cc1ccc(S(=O)(=O)NC(=O)Nc2ccc(OS(=O)(=O)c3ccc(C)cc3C)cc2)cc1. The topological polar surface area (TPSA) is 119 Å². The number of anilines is 1. The molecule has 0 spiro atoms. The largest absolute Gasteiger partial charge is 0.379 e. The van der Waals surface area contributed by atoms with Gasteiger partial charge in [-0.2, -0.15) is 8.42 Å². The van der Waals surface area contributed by atoms with Crippen molar-refractivity contribution in [3.05, 3.63) is 83.4 Å². The summed E-state index contributed by atoms with van der Waals surface area (Å²) in [5.41, 5.74) is 2.63. The highest BCUT2D eigenvalue weighted by atomic mass is 32.2. The quantitative estimate of drug-likeness (QED) is 0.523. The molecule has 3 aromatic rings. The van der Waals surface area contributed by atoms with Crippen LogP contribution >= 0.6 is 0 Å². The zero-order valence-corrected chi connectivity index (χ0v) is 19.2. The highest BCUT2D eigenvalue weighted by Gasteiger charge is 2.20. The van der Waals surface area contributed by atoms with Gasteiger partial charge in [0.25, 0.3) is 10.0 Å². The zero-order valence-electron chi connectivity index (χ0n) is 17.6. The lowest BCUT2D eigenvalue weighted by Gasteiger charge is -2.11. The van der Waals surface area contributed by atoms with E-state index in [4.69, 9.17) is 4.18 Å². The number of carbonyl (C=O) groups is 1. The molecular formula is C22H22N2O6S2. The van der Waals surface area contributed by atoms with E-state index in [2.05, 4.69) is 5.32 Å². The number of urea groups is 1. The molecule has 0 aromatic heterocycles. The van der Waals surface area contributed by atoms with Crippen LogP contribution in [0.5, 0.6) is 5.75 Å². The summed E-state index contributed by atoms with van der Waals surface area (Å²) < 4.78 is 56.7. The first-order valence-corrected chi connectivity index (χ1v) is 12.4. The Morgan fingerprint density at radius 3 is 1.97 bits per heavy atom. The maximum atomic E-state index is 12.5. The van der Waals surface area contributed by atoms with Crippen LogP contribution in [-0.2, 0) is 20.1 Å². The molecule has 0 bridgehead atoms. The van der Waals surface area contributed by atoms with Crippen molar-refractivity contribution >= 4 is 31.9 Å². The van der Waals surface area contributed by atoms with Crippen molar-refractivity contribution in [2.45, 2.75) is 30.6 Å². The van der Waals surface area contributed by atoms with Crippen LogP contribution in [0, 0.1) is 20.8 Å². The van der Waals surface area contributed by atoms with Gasteiger partial charge in [0.15, 0.2) is 0 Å². The molecule has 0 radical (unpaired) electrons. The van der Waals surface area contributed by atoms with Crippen LogP contribution in [0.1, 0.15) is 16.7 Å². The fourth-order valence-corrected chi connectivity index (χ4v) is 4.95. The Kier molecular flexibility index (Phi) is 6.56. The minimum absolute atomic E-state index is 0.0430. The third-order valence-electron chi connectivity index (χ3n) is 4.48. The maximum Gasteiger partial charge on any atom is 0.339 e. The van der Waals surface area contributed by atoms with Crippen molar-refractivity contribution in [3.8, 4) is 5.75 Å². The number of rotatable bonds is 6. The summed E-state index contributed by atoms with van der Waals surface area (Å²) in [6.45, 7) is 5.36. The van der Waals surface area contributed by atoms with E-state index in [0.717, 1.165) is 11.1 Å². The van der Waals surface area contributed by atoms with Crippen LogP contribution in [0.4, 0.5) is 10.5 Å². The molecule has 32 heavy (non-hydrogen) atoms. The van der Waals surface area contributed by atoms with Gasteiger partial charge in [0.2, 0.25) is 0 Å². The average molecular weight is 475 g/mol. The lowest BCUT2D eigenvalue weighted by atomic mass is 10.2. The van der Waals surface area contributed by atoms with Gasteiger partial charge in [-0.3, -0.25) is 0 Å². The number of hydrogen-bond acceptors (Lipinski definition) is 6. The molecule has 0 saturated carbocycles. The van der Waals surface area contributed by atoms with Gasteiger partial charge in [-0.25, -0.2) is 17.9 Å². The van der Waals surface area contributed by atoms with Crippen LogP contribution in [-0.4, -0.2) is 22.9 Å². The van der Waals surface area contributed by atoms with Gasteiger partial charge in [-0.15, -0.1) is 0 Å². The molecule has 8 nitrogen and oxygen atoms in total. The number of amides is 2. The number of nitrogens with one attached hydrogen (secondary N) is 2. The Hall–Kier alpha value is -3.37. The summed E-state index contributed by atoms with van der Waals surface area (Å²) in [6, 6.07) is 15.5. The van der Waals surface area contributed by atoms with E-state index in [9.17, 15) is 21.6 Å². The molecule has 0 fully saturated rings. The van der Waals surface area contributed by atoms with Gasteiger partial charge in [0, 0.05) is 5.69 Å². The number of sulfonamides is 1. The first-order valence-electron chi connectivity index (χ1n) is 9.48. The highest BCUT2D eigenvalue weighted by molar-refractivity contribution is 7.90. The summed E-state index contributed by atoms with van der Waals surface area (Å²) in [5.74, 6) is 0.0446. The number of hydrogen-bond donors (Lipinski definition) is 2. The van der Waals surface area contributed by atoms with Crippen LogP contribution in [0.2, 0.25) is 0 Å². The summed E-state index contributed by atoms with van der Waals surface area (Å²) in [7, 11) is -8.07. The highest BCUT2D eigenvalue weighted by Crippen LogP contribution is 2.23. The first-order chi connectivity index (χ1) is 15.0. The van der Waals surface area contributed by atoms with Crippen LogP contribution < -0.4 is 14.2 Å². The number of carbonyl (C=O) groups excluding carboxylic acids is 1. The summed E-state index contributed by atoms with van der Waals surface area (Å²) in [5, 5.41) is 2.38. The van der Waals surface area contributed by atoms with Gasteiger partial charge >= 0.3 is 16.1 Å². The van der Waals surface area contributed by atoms with Crippen molar-refractivity contribution in [1.82, 2.24) is 4.72 Å². The summed E-state index contributed by atoms with van der Waals surface area (Å²) in [6.07, 6.45) is 0. The molecule has 0 aliphatic carbocycles. The van der Waals surface area contributed by atoms with Crippen LogP contribution in [0.15, 0.2) is 76.5 Å². The fraction of sp³-hybridized carbons (Fsp3) is 0.136. The lowest BCUT2D eigenvalue weighted by Crippen LogP contribution is -2.34. The molecule has 3 rings (SSSR count). The third-order valence-corrected chi connectivity index (χ3v) is 7.23. The predicted octanol–water partition coefficient (Wildman–Crippen LogP) is 3.89. The normalized spacial score (nSPS) is 11.6. The number of benzene rings is 3. The molecule has 2 N–H and O–H groups in total. The molecule has 0 heterocycles. The molecule has 0 aliphatic heterocycles. The summed E-state index contributed by atoms with van der Waals surface area (Å²) in [4.78, 5) is 12.1. The maximum absolute atomic E-state index is 12.5. The molecule has 3 aromatic carbocycles. The molecule has 0 unspecified atom stereocenters. The Morgan fingerprint density at radius 2 is 1.38 bits per heavy atom. The molecule has 2 amide bonds. The van der Waals surface area contributed by atoms with E-state index >= 15 is 0 Å². The second-order valence-electron chi connectivity index (χ2n) is 7.20. The standard InChI is InChI=1S/C22H22N2O6S2/c1-15-4-11-20(12-5-15)31(26,27)24-22(25)23-18-7-9-19(10-8-18)30-32(28,29)21-13-6-16(2)14-17(21)3/h4-14H,1-3H3,(H2,23,24,25). The van der Waals surface area contributed by atoms with Crippen LogP contribution in [0.3, 0.4) is 0 Å². The molecule has 10 heteroatoms. The molecular weight excluding hydrogens is 452 g/mol. The third kappa shape index (κ3) is 5.65. The van der Waals surface area contributed by atoms with E-state index in [1.807, 2.05) is 18.6 Å². The monoisotopic (exact) mass is 474 g/mol. The van der Waals surface area contributed by atoms with Crippen molar-refractivity contribution in [2.75, 3.05) is 5.32 Å². The molecule has 0 aliphatic rings. The van der Waals surface area contributed by atoms with Gasteiger partial charge in [-0.1, -0.05) is 35.4 Å². The minimum Gasteiger partial charge on any atom is -0.379 e. The molecule has 0 saturated heterocycles. The van der Waals surface area contributed by atoms with Crippen molar-refractivity contribution in [1.29, 1.82) is 0 Å². The van der Waals surface area contributed by atoms with Crippen molar-refractivity contribution in [2.24, 2.45) is 0 Å². The van der Waals surface area contributed by atoms with Gasteiger partial charge in [-0.05, 0) is 68.8 Å². The predicted molar refractivity (Wildman–Crippen MR) is 121 cm³/mol. The zero-order chi connectivity index (χ0) is 23.5. The Labute approximate surface area is 187 Å². The number of aryl methyl sites for hydroxylation is 3.